The van der Waals surface area contributed by atoms with E-state index in [2.05, 4.69) is 5.32 Å². The molecule has 1 aliphatic heterocycles. The first-order valence-electron chi connectivity index (χ1n) is 7.81. The lowest BCUT2D eigenvalue weighted by Gasteiger charge is -2.22. The summed E-state index contributed by atoms with van der Waals surface area (Å²) >= 11 is 0. The molecule has 112 valence electrons. The maximum atomic E-state index is 11.1. The summed E-state index contributed by atoms with van der Waals surface area (Å²) in [5, 5.41) is 3.45. The predicted molar refractivity (Wildman–Crippen MR) is 76.2 cm³/mol. The zero-order chi connectivity index (χ0) is 13.8. The largest absolute Gasteiger partial charge is 0.466 e. The van der Waals surface area contributed by atoms with Crippen LogP contribution in [0.2, 0.25) is 0 Å². The highest BCUT2D eigenvalue weighted by Gasteiger charge is 2.12. The summed E-state index contributed by atoms with van der Waals surface area (Å²) < 4.78 is 10.6. The normalized spacial score (nSPS) is 19.3. The molecule has 1 aliphatic rings. The predicted octanol–water partition coefficient (Wildman–Crippen LogP) is 2.66. The molecule has 0 aromatic heterocycles. The van der Waals surface area contributed by atoms with Gasteiger partial charge in [-0.2, -0.15) is 0 Å². The van der Waals surface area contributed by atoms with Crippen LogP contribution in [-0.2, 0) is 14.3 Å². The van der Waals surface area contributed by atoms with Gasteiger partial charge in [0.1, 0.15) is 0 Å². The number of nitrogens with one attached hydrogen (secondary N) is 1. The van der Waals surface area contributed by atoms with Crippen molar-refractivity contribution in [2.45, 2.75) is 64.4 Å². The van der Waals surface area contributed by atoms with Crippen molar-refractivity contribution in [3.8, 4) is 0 Å². The molecule has 0 spiro atoms. The van der Waals surface area contributed by atoms with E-state index in [1.807, 2.05) is 6.92 Å². The molecule has 1 unspecified atom stereocenters. The maximum Gasteiger partial charge on any atom is 0.305 e. The molecule has 0 aromatic carbocycles. The number of hydrogen-bond acceptors (Lipinski definition) is 4. The Morgan fingerprint density at radius 1 is 1.26 bits per heavy atom. The van der Waals surface area contributed by atoms with E-state index in [-0.39, 0.29) is 5.97 Å². The maximum absolute atomic E-state index is 11.1. The Hall–Kier alpha value is -0.610. The monoisotopic (exact) mass is 271 g/mol. The van der Waals surface area contributed by atoms with Crippen LogP contribution in [-0.4, -0.2) is 38.4 Å². The van der Waals surface area contributed by atoms with Crippen LogP contribution in [0.4, 0.5) is 0 Å². The molecule has 0 aliphatic carbocycles. The molecule has 0 aromatic rings. The van der Waals surface area contributed by atoms with Crippen molar-refractivity contribution in [1.29, 1.82) is 0 Å². The van der Waals surface area contributed by atoms with Gasteiger partial charge in [-0.25, -0.2) is 0 Å². The molecule has 1 fully saturated rings. The van der Waals surface area contributed by atoms with E-state index in [9.17, 15) is 4.79 Å². The summed E-state index contributed by atoms with van der Waals surface area (Å²) in [5.41, 5.74) is 0. The number of carbonyl (C=O) groups is 1. The van der Waals surface area contributed by atoms with E-state index in [0.717, 1.165) is 45.4 Å². The van der Waals surface area contributed by atoms with Crippen molar-refractivity contribution in [2.75, 3.05) is 26.3 Å². The van der Waals surface area contributed by atoms with Gasteiger partial charge in [0.05, 0.1) is 12.7 Å². The highest BCUT2D eigenvalue weighted by atomic mass is 16.5. The second kappa shape index (κ2) is 11.2. The molecule has 0 radical (unpaired) electrons. The van der Waals surface area contributed by atoms with Crippen molar-refractivity contribution in [1.82, 2.24) is 5.32 Å². The fourth-order valence-electron chi connectivity index (χ4n) is 2.35. The lowest BCUT2D eigenvalue weighted by atomic mass is 10.1. The van der Waals surface area contributed by atoms with Crippen LogP contribution in [0.5, 0.6) is 0 Å². The topological polar surface area (TPSA) is 47.6 Å². The van der Waals surface area contributed by atoms with Gasteiger partial charge in [0.15, 0.2) is 0 Å². The minimum atomic E-state index is -0.0649. The quantitative estimate of drug-likeness (QED) is 0.490. The van der Waals surface area contributed by atoms with Crippen LogP contribution in [0.1, 0.15) is 58.3 Å². The van der Waals surface area contributed by atoms with E-state index < -0.39 is 0 Å². The Morgan fingerprint density at radius 3 is 2.89 bits per heavy atom. The van der Waals surface area contributed by atoms with Gasteiger partial charge in [-0.3, -0.25) is 4.79 Å². The van der Waals surface area contributed by atoms with E-state index in [1.54, 1.807) is 0 Å². The summed E-state index contributed by atoms with van der Waals surface area (Å²) in [6.07, 6.45) is 9.09. The standard InChI is InChI=1S/C15H29NO3/c1-2-18-15(17)9-4-3-6-11-16-12-10-14-8-5-7-13-19-14/h14,16H,2-13H2,1H3. The summed E-state index contributed by atoms with van der Waals surface area (Å²) in [7, 11) is 0. The van der Waals surface area contributed by atoms with Crippen LogP contribution in [0.3, 0.4) is 0 Å². The molecule has 1 rings (SSSR count). The molecule has 0 amide bonds. The summed E-state index contributed by atoms with van der Waals surface area (Å²) in [4.78, 5) is 11.1. The third kappa shape index (κ3) is 9.00. The van der Waals surface area contributed by atoms with Gasteiger partial charge in [0, 0.05) is 13.0 Å². The fourth-order valence-corrected chi connectivity index (χ4v) is 2.35. The summed E-state index contributed by atoms with van der Waals surface area (Å²) in [6, 6.07) is 0. The average Bonchev–Trinajstić information content (AvgIpc) is 2.43. The third-order valence-electron chi connectivity index (χ3n) is 3.46. The van der Waals surface area contributed by atoms with Crippen LogP contribution >= 0.6 is 0 Å². The second-order valence-corrected chi connectivity index (χ2v) is 5.14. The number of ether oxygens (including phenoxy) is 2. The third-order valence-corrected chi connectivity index (χ3v) is 3.46. The van der Waals surface area contributed by atoms with Crippen LogP contribution in [0, 0.1) is 0 Å². The van der Waals surface area contributed by atoms with Gasteiger partial charge in [-0.15, -0.1) is 0 Å². The minimum absolute atomic E-state index is 0.0649. The SMILES string of the molecule is CCOC(=O)CCCCCNCCC1CCCCO1. The average molecular weight is 271 g/mol. The number of rotatable bonds is 10. The van der Waals surface area contributed by atoms with Crippen molar-refractivity contribution in [3.63, 3.8) is 0 Å². The summed E-state index contributed by atoms with van der Waals surface area (Å²) in [5.74, 6) is -0.0649. The Kier molecular flexibility index (Phi) is 9.72. The highest BCUT2D eigenvalue weighted by Crippen LogP contribution is 2.14. The van der Waals surface area contributed by atoms with Crippen molar-refractivity contribution in [2.24, 2.45) is 0 Å². The van der Waals surface area contributed by atoms with Crippen molar-refractivity contribution < 1.29 is 14.3 Å². The number of unbranched alkanes of at least 4 members (excludes halogenated alkanes) is 2. The highest BCUT2D eigenvalue weighted by molar-refractivity contribution is 5.69. The molecule has 1 atom stereocenters. The minimum Gasteiger partial charge on any atom is -0.466 e. The van der Waals surface area contributed by atoms with Crippen LogP contribution in [0.25, 0.3) is 0 Å². The van der Waals surface area contributed by atoms with Gasteiger partial charge < -0.3 is 14.8 Å². The molecule has 4 nitrogen and oxygen atoms in total. The molecule has 1 saturated heterocycles. The van der Waals surface area contributed by atoms with Gasteiger partial charge in [-0.05, 0) is 58.5 Å². The van der Waals surface area contributed by atoms with E-state index in [1.165, 1.54) is 19.3 Å². The zero-order valence-corrected chi connectivity index (χ0v) is 12.3. The molecule has 1 N–H and O–H groups in total. The molecular formula is C15H29NO3. The Labute approximate surface area is 117 Å². The Bertz CT molecular complexity index is 227. The number of esters is 1. The Balaban J connectivity index is 1.79. The smallest absolute Gasteiger partial charge is 0.305 e. The molecule has 0 bridgehead atoms. The molecule has 0 saturated carbocycles. The molecule has 4 heteroatoms. The first kappa shape index (κ1) is 16.4. The summed E-state index contributed by atoms with van der Waals surface area (Å²) in [6.45, 7) is 5.36. The van der Waals surface area contributed by atoms with Gasteiger partial charge in [0.25, 0.3) is 0 Å². The molecule has 1 heterocycles. The first-order valence-corrected chi connectivity index (χ1v) is 7.81. The van der Waals surface area contributed by atoms with Crippen LogP contribution in [0.15, 0.2) is 0 Å². The zero-order valence-electron chi connectivity index (χ0n) is 12.3. The lowest BCUT2D eigenvalue weighted by molar-refractivity contribution is -0.143. The van der Waals surface area contributed by atoms with Gasteiger partial charge in [-0.1, -0.05) is 6.42 Å². The van der Waals surface area contributed by atoms with Gasteiger partial charge in [0.2, 0.25) is 0 Å². The van der Waals surface area contributed by atoms with Crippen molar-refractivity contribution in [3.05, 3.63) is 0 Å². The van der Waals surface area contributed by atoms with Crippen molar-refractivity contribution >= 4 is 5.97 Å². The fraction of sp³-hybridized carbons (Fsp3) is 0.933. The lowest BCUT2D eigenvalue weighted by Crippen LogP contribution is -2.25. The van der Waals surface area contributed by atoms with Crippen LogP contribution < -0.4 is 5.32 Å². The van der Waals surface area contributed by atoms with E-state index in [4.69, 9.17) is 9.47 Å². The number of carbonyl (C=O) groups excluding carboxylic acids is 1. The molecular weight excluding hydrogens is 242 g/mol. The molecule has 19 heavy (non-hydrogen) atoms. The van der Waals surface area contributed by atoms with E-state index >= 15 is 0 Å². The number of hydrogen-bond donors (Lipinski definition) is 1. The van der Waals surface area contributed by atoms with E-state index in [0.29, 0.717) is 19.1 Å². The van der Waals surface area contributed by atoms with Gasteiger partial charge >= 0.3 is 5.97 Å². The second-order valence-electron chi connectivity index (χ2n) is 5.14. The first-order chi connectivity index (χ1) is 9.33. The Morgan fingerprint density at radius 2 is 2.16 bits per heavy atom.